The van der Waals surface area contributed by atoms with Gasteiger partial charge in [0.25, 0.3) is 0 Å². The standard InChI is InChI=1S/C78H48N10/c79-49-52-19-15-22-55(43-52)58-25-18-26-61(46-58)76-82-77(64-41-39-59(56-23-16-20-53(44-56)50-80)47-74(64)87-70-35-11-7-31-66(70)85(62-27-3-1-4-28-62)67-32-8-12-36-71(67)87)84-78(83-76)65-42-40-60(57-24-17-21-54(45-57)51-81)48-75(65)88-72-37-13-9-33-68(72)86(63-29-5-2-6-30-63)69-34-10-14-38-73(69)88/h1-48H. The fraction of sp³-hybridized carbons (Fsp3) is 0. The van der Waals surface area contributed by atoms with Gasteiger partial charge in [0.2, 0.25) is 0 Å². The van der Waals surface area contributed by atoms with E-state index in [4.69, 9.17) is 15.0 Å². The summed E-state index contributed by atoms with van der Waals surface area (Å²) < 4.78 is 0. The van der Waals surface area contributed by atoms with Crippen LogP contribution in [0.15, 0.2) is 291 Å². The van der Waals surface area contributed by atoms with Gasteiger partial charge in [-0.1, -0.05) is 152 Å². The van der Waals surface area contributed by atoms with Crippen LogP contribution in [0.4, 0.5) is 68.2 Å². The maximum Gasteiger partial charge on any atom is 0.166 e. The lowest BCUT2D eigenvalue weighted by Crippen LogP contribution is -2.24. The maximum absolute atomic E-state index is 10.2. The van der Waals surface area contributed by atoms with Crippen LogP contribution in [0.1, 0.15) is 16.7 Å². The van der Waals surface area contributed by atoms with Crippen LogP contribution in [-0.4, -0.2) is 15.0 Å². The molecule has 0 radical (unpaired) electrons. The molecular formula is C78H48N10. The minimum Gasteiger partial charge on any atom is -0.306 e. The van der Waals surface area contributed by atoms with Crippen LogP contribution in [0.25, 0.3) is 67.5 Å². The second-order valence-electron chi connectivity index (χ2n) is 21.4. The number of rotatable bonds is 10. The quantitative estimate of drug-likeness (QED) is 0.131. The molecule has 0 amide bonds. The first-order valence-corrected chi connectivity index (χ1v) is 28.8. The third-order valence-corrected chi connectivity index (χ3v) is 16.2. The second-order valence-corrected chi connectivity index (χ2v) is 21.4. The highest BCUT2D eigenvalue weighted by Gasteiger charge is 2.35. The van der Waals surface area contributed by atoms with E-state index in [1.807, 2.05) is 97.1 Å². The summed E-state index contributed by atoms with van der Waals surface area (Å²) in [5, 5.41) is 30.4. The van der Waals surface area contributed by atoms with Crippen LogP contribution in [0.5, 0.6) is 0 Å². The van der Waals surface area contributed by atoms with Crippen molar-refractivity contribution in [2.75, 3.05) is 19.6 Å². The molecule has 0 saturated heterocycles. The van der Waals surface area contributed by atoms with Crippen molar-refractivity contribution in [3.8, 4) is 85.8 Å². The first-order valence-electron chi connectivity index (χ1n) is 28.8. The summed E-state index contributed by atoms with van der Waals surface area (Å²) in [5.74, 6) is 1.25. The molecule has 1 aromatic heterocycles. The normalized spacial score (nSPS) is 12.0. The molecule has 0 saturated carbocycles. The average Bonchev–Trinajstić information content (AvgIpc) is 0.953. The van der Waals surface area contributed by atoms with Gasteiger partial charge in [0.05, 0.1) is 91.8 Å². The second kappa shape index (κ2) is 22.1. The molecule has 0 unspecified atom stereocenters. The van der Waals surface area contributed by atoms with Crippen LogP contribution in [-0.2, 0) is 0 Å². The van der Waals surface area contributed by atoms with Crippen LogP contribution in [0.2, 0.25) is 0 Å². The molecule has 0 bridgehead atoms. The molecule has 2 aliphatic heterocycles. The van der Waals surface area contributed by atoms with E-state index in [2.05, 4.69) is 226 Å². The minimum atomic E-state index is 0.413. The predicted molar refractivity (Wildman–Crippen MR) is 352 cm³/mol. The third-order valence-electron chi connectivity index (χ3n) is 16.2. The zero-order valence-corrected chi connectivity index (χ0v) is 47.2. The molecule has 0 N–H and O–H groups in total. The Bertz CT molecular complexity index is 4660. The van der Waals surface area contributed by atoms with Gasteiger partial charge in [0, 0.05) is 28.1 Å². The number of anilines is 12. The van der Waals surface area contributed by atoms with Crippen LogP contribution >= 0.6 is 0 Å². The van der Waals surface area contributed by atoms with Crippen molar-refractivity contribution in [3.05, 3.63) is 308 Å². The molecule has 10 nitrogen and oxygen atoms in total. The van der Waals surface area contributed by atoms with Gasteiger partial charge in [0.1, 0.15) is 0 Å². The summed E-state index contributed by atoms with van der Waals surface area (Å²) >= 11 is 0. The number of nitriles is 3. The van der Waals surface area contributed by atoms with Gasteiger partial charge in [-0.2, -0.15) is 15.8 Å². The summed E-state index contributed by atoms with van der Waals surface area (Å²) in [5.41, 5.74) is 20.4. The van der Waals surface area contributed by atoms with E-state index in [1.165, 1.54) is 0 Å². The fourth-order valence-corrected chi connectivity index (χ4v) is 12.2. The zero-order chi connectivity index (χ0) is 59.1. The number of fused-ring (bicyclic) bond motifs is 4. The van der Waals surface area contributed by atoms with Gasteiger partial charge in [-0.05, 0) is 173 Å². The first-order chi connectivity index (χ1) is 43.5. The van der Waals surface area contributed by atoms with Gasteiger partial charge in [-0.25, -0.2) is 15.0 Å². The molecule has 0 atom stereocenters. The minimum absolute atomic E-state index is 0.413. The van der Waals surface area contributed by atoms with Crippen LogP contribution in [0.3, 0.4) is 0 Å². The molecule has 10 heteroatoms. The van der Waals surface area contributed by atoms with Crippen molar-refractivity contribution in [1.29, 1.82) is 15.8 Å². The highest BCUT2D eigenvalue weighted by Crippen LogP contribution is 2.58. The van der Waals surface area contributed by atoms with Crippen molar-refractivity contribution in [1.82, 2.24) is 15.0 Å². The Labute approximate surface area is 509 Å². The molecule has 0 spiro atoms. The van der Waals surface area contributed by atoms with Crippen LogP contribution < -0.4 is 19.6 Å². The van der Waals surface area contributed by atoms with Gasteiger partial charge >= 0.3 is 0 Å². The third kappa shape index (κ3) is 9.28. The monoisotopic (exact) mass is 1120 g/mol. The Kier molecular flexibility index (Phi) is 13.1. The number of benzene rings is 12. The number of aromatic nitrogens is 3. The predicted octanol–water partition coefficient (Wildman–Crippen LogP) is 20.0. The molecule has 3 heterocycles. The summed E-state index contributed by atoms with van der Waals surface area (Å²) in [7, 11) is 0. The van der Waals surface area contributed by atoms with E-state index < -0.39 is 0 Å². The number of para-hydroxylation sites is 10. The van der Waals surface area contributed by atoms with E-state index >= 15 is 0 Å². The van der Waals surface area contributed by atoms with Gasteiger partial charge < -0.3 is 19.6 Å². The highest BCUT2D eigenvalue weighted by atomic mass is 15.3. The Morgan fingerprint density at radius 1 is 0.216 bits per heavy atom. The number of hydrogen-bond donors (Lipinski definition) is 0. The lowest BCUT2D eigenvalue weighted by atomic mass is 9.97. The zero-order valence-electron chi connectivity index (χ0n) is 47.2. The number of hydrogen-bond acceptors (Lipinski definition) is 10. The Morgan fingerprint density at radius 2 is 0.500 bits per heavy atom. The fourth-order valence-electron chi connectivity index (χ4n) is 12.2. The summed E-state index contributed by atoms with van der Waals surface area (Å²) in [6, 6.07) is 105. The van der Waals surface area contributed by atoms with E-state index in [0.717, 1.165) is 118 Å². The van der Waals surface area contributed by atoms with Gasteiger partial charge in [0.15, 0.2) is 17.5 Å². The molecule has 0 aliphatic carbocycles. The van der Waals surface area contributed by atoms with Crippen molar-refractivity contribution >= 4 is 68.2 Å². The molecule has 0 fully saturated rings. The molecule has 2 aliphatic rings. The summed E-state index contributed by atoms with van der Waals surface area (Å²) in [6.45, 7) is 0. The van der Waals surface area contributed by atoms with Crippen molar-refractivity contribution in [3.63, 3.8) is 0 Å². The van der Waals surface area contributed by atoms with Crippen LogP contribution in [0, 0.1) is 34.0 Å². The summed E-state index contributed by atoms with van der Waals surface area (Å²) in [4.78, 5) is 26.0. The van der Waals surface area contributed by atoms with E-state index in [9.17, 15) is 15.8 Å². The average molecular weight is 1130 g/mol. The van der Waals surface area contributed by atoms with Crippen molar-refractivity contribution < 1.29 is 0 Å². The smallest absolute Gasteiger partial charge is 0.166 e. The molecule has 410 valence electrons. The molecule has 12 aromatic carbocycles. The Morgan fingerprint density at radius 3 is 0.852 bits per heavy atom. The van der Waals surface area contributed by atoms with E-state index in [0.29, 0.717) is 34.2 Å². The highest BCUT2D eigenvalue weighted by molar-refractivity contribution is 6.06. The Balaban J connectivity index is 1.01. The summed E-state index contributed by atoms with van der Waals surface area (Å²) in [6.07, 6.45) is 0. The van der Waals surface area contributed by atoms with E-state index in [-0.39, 0.29) is 0 Å². The van der Waals surface area contributed by atoms with Crippen molar-refractivity contribution in [2.45, 2.75) is 0 Å². The van der Waals surface area contributed by atoms with Gasteiger partial charge in [-0.3, -0.25) is 0 Å². The molecule has 88 heavy (non-hydrogen) atoms. The van der Waals surface area contributed by atoms with Crippen molar-refractivity contribution in [2.24, 2.45) is 0 Å². The largest absolute Gasteiger partial charge is 0.306 e. The van der Waals surface area contributed by atoms with E-state index in [1.54, 1.807) is 6.07 Å². The topological polar surface area (TPSA) is 123 Å². The lowest BCUT2D eigenvalue weighted by molar-refractivity contribution is 1.07. The molecular weight excluding hydrogens is 1080 g/mol. The number of nitrogens with zero attached hydrogens (tertiary/aromatic N) is 10. The molecule has 15 rings (SSSR count). The Hall–Kier alpha value is -12.7. The first kappa shape index (κ1) is 52.1. The van der Waals surface area contributed by atoms with Gasteiger partial charge in [-0.15, -0.1) is 0 Å². The molecule has 13 aromatic rings. The lowest BCUT2D eigenvalue weighted by Gasteiger charge is -2.41. The maximum atomic E-state index is 10.2. The SMILES string of the molecule is N#Cc1cccc(-c2cccc(-c3nc(-c4ccc(-c5cccc(C#N)c5)cc4N4c5ccccc5N(c5ccccc5)c5ccccc54)nc(-c4ccc(-c5cccc(C#N)c5)cc4N4c5ccccc5N(c5ccccc5)c5ccccc54)n3)c2)c1.